The van der Waals surface area contributed by atoms with E-state index in [9.17, 15) is 4.79 Å². The number of nitrogens with two attached hydrogens (primary N) is 1. The summed E-state index contributed by atoms with van der Waals surface area (Å²) in [6, 6.07) is 0.0122. The van der Waals surface area contributed by atoms with Crippen molar-refractivity contribution in [2.24, 2.45) is 11.7 Å². The van der Waals surface area contributed by atoms with Gasteiger partial charge in [0.05, 0.1) is 19.1 Å². The van der Waals surface area contributed by atoms with Crippen LogP contribution in [0.1, 0.15) is 38.5 Å². The Morgan fingerprint density at radius 1 is 1.28 bits per heavy atom. The number of ether oxygens (including phenoxy) is 1. The fourth-order valence-electron chi connectivity index (χ4n) is 2.35. The van der Waals surface area contributed by atoms with E-state index in [0.717, 1.165) is 32.1 Å². The lowest BCUT2D eigenvalue weighted by Gasteiger charge is -2.20. The molecule has 18 heavy (non-hydrogen) atoms. The lowest BCUT2D eigenvalue weighted by Crippen LogP contribution is -2.41. The van der Waals surface area contributed by atoms with Crippen molar-refractivity contribution in [3.05, 3.63) is 0 Å². The van der Waals surface area contributed by atoms with Crippen LogP contribution >= 0.6 is 0 Å². The molecule has 0 saturated heterocycles. The third-order valence-electron chi connectivity index (χ3n) is 3.41. The summed E-state index contributed by atoms with van der Waals surface area (Å²) in [5.74, 6) is 0.0671. The van der Waals surface area contributed by atoms with Crippen LogP contribution in [0.25, 0.3) is 0 Å². The molecule has 0 aromatic rings. The first-order valence-electron chi connectivity index (χ1n) is 6.97. The van der Waals surface area contributed by atoms with Crippen molar-refractivity contribution in [3.63, 3.8) is 0 Å². The Morgan fingerprint density at radius 2 is 2.06 bits per heavy atom. The number of rotatable bonds is 7. The average molecular weight is 258 g/mol. The van der Waals surface area contributed by atoms with Crippen molar-refractivity contribution in [1.29, 1.82) is 0 Å². The number of carbonyl (C=O) groups is 1. The van der Waals surface area contributed by atoms with Crippen LogP contribution < -0.4 is 11.1 Å². The third kappa shape index (κ3) is 5.80. The molecule has 1 amide bonds. The second-order valence-electron chi connectivity index (χ2n) is 4.89. The minimum absolute atomic E-state index is 0.0122. The fraction of sp³-hybridized carbons (Fsp3) is 0.923. The van der Waals surface area contributed by atoms with Crippen LogP contribution in [-0.2, 0) is 9.53 Å². The Hall–Kier alpha value is -0.650. The molecule has 106 valence electrons. The Balaban J connectivity index is 2.14. The lowest BCUT2D eigenvalue weighted by atomic mass is 9.94. The summed E-state index contributed by atoms with van der Waals surface area (Å²) in [5, 5.41) is 11.5. The number of nitrogens with one attached hydrogen (secondary N) is 1. The summed E-state index contributed by atoms with van der Waals surface area (Å²) in [4.78, 5) is 12.0. The molecule has 2 unspecified atom stereocenters. The molecule has 0 aliphatic heterocycles. The number of aliphatic hydroxyl groups excluding tert-OH is 1. The van der Waals surface area contributed by atoms with Gasteiger partial charge in [-0.25, -0.2) is 0 Å². The number of carbonyl (C=O) groups excluding carboxylic acids is 1. The second-order valence-corrected chi connectivity index (χ2v) is 4.89. The molecule has 4 N–H and O–H groups in total. The van der Waals surface area contributed by atoms with Gasteiger partial charge in [0.15, 0.2) is 0 Å². The first-order chi connectivity index (χ1) is 8.75. The second kappa shape index (κ2) is 9.30. The van der Waals surface area contributed by atoms with Crippen LogP contribution in [0.5, 0.6) is 0 Å². The Morgan fingerprint density at radius 3 is 2.83 bits per heavy atom. The van der Waals surface area contributed by atoms with Crippen LogP contribution in [0.4, 0.5) is 0 Å². The number of amides is 1. The topological polar surface area (TPSA) is 84.6 Å². The molecule has 1 aliphatic carbocycles. The van der Waals surface area contributed by atoms with Crippen molar-refractivity contribution < 1.29 is 14.6 Å². The van der Waals surface area contributed by atoms with E-state index in [2.05, 4.69) is 5.32 Å². The summed E-state index contributed by atoms with van der Waals surface area (Å²) in [7, 11) is 0. The first kappa shape index (κ1) is 15.4. The van der Waals surface area contributed by atoms with E-state index >= 15 is 0 Å². The lowest BCUT2D eigenvalue weighted by molar-refractivity contribution is -0.125. The molecule has 1 aliphatic rings. The zero-order valence-electron chi connectivity index (χ0n) is 11.1. The summed E-state index contributed by atoms with van der Waals surface area (Å²) in [6.07, 6.45) is 6.07. The van der Waals surface area contributed by atoms with E-state index in [1.165, 1.54) is 6.42 Å². The molecule has 2 atom stereocenters. The van der Waals surface area contributed by atoms with Crippen molar-refractivity contribution in [2.75, 3.05) is 26.4 Å². The van der Waals surface area contributed by atoms with E-state index in [1.807, 2.05) is 0 Å². The van der Waals surface area contributed by atoms with Crippen LogP contribution in [0.3, 0.4) is 0 Å². The van der Waals surface area contributed by atoms with Gasteiger partial charge in [-0.15, -0.1) is 0 Å². The van der Waals surface area contributed by atoms with Gasteiger partial charge in [-0.1, -0.05) is 19.3 Å². The van der Waals surface area contributed by atoms with E-state index in [4.69, 9.17) is 15.6 Å². The van der Waals surface area contributed by atoms with Gasteiger partial charge >= 0.3 is 0 Å². The van der Waals surface area contributed by atoms with Gasteiger partial charge < -0.3 is 20.9 Å². The van der Waals surface area contributed by atoms with E-state index in [0.29, 0.717) is 19.8 Å². The Bertz CT molecular complexity index is 236. The maximum Gasteiger partial charge on any atom is 0.224 e. The molecule has 0 spiro atoms. The zero-order chi connectivity index (χ0) is 13.2. The van der Waals surface area contributed by atoms with Crippen LogP contribution in [-0.4, -0.2) is 43.4 Å². The maximum atomic E-state index is 12.0. The highest BCUT2D eigenvalue weighted by molar-refractivity contribution is 5.79. The van der Waals surface area contributed by atoms with Crippen molar-refractivity contribution in [2.45, 2.75) is 44.6 Å². The van der Waals surface area contributed by atoms with Gasteiger partial charge in [0.25, 0.3) is 0 Å². The molecule has 1 rings (SSSR count). The predicted octanol–water partition coefficient (Wildman–Crippen LogP) is 0.409. The number of aliphatic hydroxyl groups is 1. The highest BCUT2D eigenvalue weighted by atomic mass is 16.5. The molecule has 1 saturated carbocycles. The molecular weight excluding hydrogens is 232 g/mol. The Kier molecular flexibility index (Phi) is 7.96. The number of hydrogen-bond donors (Lipinski definition) is 3. The van der Waals surface area contributed by atoms with Gasteiger partial charge in [0, 0.05) is 19.2 Å². The van der Waals surface area contributed by atoms with E-state index in [1.54, 1.807) is 0 Å². The zero-order valence-corrected chi connectivity index (χ0v) is 11.1. The summed E-state index contributed by atoms with van der Waals surface area (Å²) in [6.45, 7) is 1.59. The summed E-state index contributed by atoms with van der Waals surface area (Å²) >= 11 is 0. The van der Waals surface area contributed by atoms with E-state index < -0.39 is 0 Å². The molecule has 0 aromatic carbocycles. The van der Waals surface area contributed by atoms with Crippen molar-refractivity contribution in [1.82, 2.24) is 5.32 Å². The quantitative estimate of drug-likeness (QED) is 0.456. The molecule has 0 aromatic heterocycles. The SMILES string of the molecule is NC1CCCCCC1C(=O)NCCCOCCO. The van der Waals surface area contributed by atoms with Gasteiger partial charge in [-0.3, -0.25) is 4.79 Å². The van der Waals surface area contributed by atoms with Gasteiger partial charge in [-0.05, 0) is 19.3 Å². The summed E-state index contributed by atoms with van der Waals surface area (Å²) < 4.78 is 5.13. The van der Waals surface area contributed by atoms with Gasteiger partial charge in [-0.2, -0.15) is 0 Å². The molecule has 1 fully saturated rings. The van der Waals surface area contributed by atoms with Gasteiger partial charge in [0.2, 0.25) is 5.91 Å². The first-order valence-corrected chi connectivity index (χ1v) is 6.97. The van der Waals surface area contributed by atoms with E-state index in [-0.39, 0.29) is 24.5 Å². The largest absolute Gasteiger partial charge is 0.394 e. The minimum atomic E-state index is -0.0224. The predicted molar refractivity (Wildman–Crippen MR) is 70.1 cm³/mol. The van der Waals surface area contributed by atoms with Crippen LogP contribution in [0.2, 0.25) is 0 Å². The molecule has 5 heteroatoms. The summed E-state index contributed by atoms with van der Waals surface area (Å²) in [5.41, 5.74) is 6.04. The third-order valence-corrected chi connectivity index (χ3v) is 3.41. The fourth-order valence-corrected chi connectivity index (χ4v) is 2.35. The standard InChI is InChI=1S/C13H26N2O3/c14-12-6-3-1-2-5-11(12)13(17)15-7-4-9-18-10-8-16/h11-12,16H,1-10,14H2,(H,15,17). The molecular formula is C13H26N2O3. The maximum absolute atomic E-state index is 12.0. The molecule has 0 heterocycles. The normalized spacial score (nSPS) is 24.6. The highest BCUT2D eigenvalue weighted by Crippen LogP contribution is 2.22. The smallest absolute Gasteiger partial charge is 0.224 e. The average Bonchev–Trinajstić information content (AvgIpc) is 2.58. The van der Waals surface area contributed by atoms with Crippen molar-refractivity contribution in [3.8, 4) is 0 Å². The molecule has 0 radical (unpaired) electrons. The van der Waals surface area contributed by atoms with Crippen LogP contribution in [0, 0.1) is 5.92 Å². The van der Waals surface area contributed by atoms with Crippen molar-refractivity contribution >= 4 is 5.91 Å². The Labute approximate surface area is 109 Å². The molecule has 5 nitrogen and oxygen atoms in total. The monoisotopic (exact) mass is 258 g/mol. The highest BCUT2D eigenvalue weighted by Gasteiger charge is 2.26. The minimum Gasteiger partial charge on any atom is -0.394 e. The number of hydrogen-bond acceptors (Lipinski definition) is 4. The molecule has 0 bridgehead atoms. The van der Waals surface area contributed by atoms with Gasteiger partial charge in [0.1, 0.15) is 0 Å². The van der Waals surface area contributed by atoms with Crippen LogP contribution in [0.15, 0.2) is 0 Å².